The van der Waals surface area contributed by atoms with E-state index in [0.29, 0.717) is 13.0 Å². The summed E-state index contributed by atoms with van der Waals surface area (Å²) in [4.78, 5) is 42.3. The Balaban J connectivity index is 1.71. The van der Waals surface area contributed by atoms with E-state index >= 15 is 0 Å². The number of carbonyl (C=O) groups is 3. The molecule has 1 saturated carbocycles. The highest BCUT2D eigenvalue weighted by Crippen LogP contribution is 2.65. The summed E-state index contributed by atoms with van der Waals surface area (Å²) in [5.41, 5.74) is -1.84. The first-order valence-corrected chi connectivity index (χ1v) is 12.4. The molecule has 7 atom stereocenters. The van der Waals surface area contributed by atoms with Crippen molar-refractivity contribution in [2.75, 3.05) is 13.2 Å². The summed E-state index contributed by atoms with van der Waals surface area (Å²) in [6, 6.07) is -1.27. The number of amides is 3. The monoisotopic (exact) mass is 449 g/mol. The van der Waals surface area contributed by atoms with Crippen LogP contribution in [0.15, 0.2) is 0 Å². The molecule has 3 unspecified atom stereocenters. The van der Waals surface area contributed by atoms with Crippen LogP contribution in [-0.2, 0) is 19.1 Å². The lowest BCUT2D eigenvalue weighted by Gasteiger charge is -2.37. The molecular formula is C24H39N3O5. The maximum Gasteiger partial charge on any atom is 0.246 e. The zero-order valence-corrected chi connectivity index (χ0v) is 19.9. The standard InChI is InChI=1S/C24H39N3O5/c1-5-11-25-20(29)17-18-22(31)27(15(3)13-28)19(21(30)26-16-9-7-6-8-10-16)24(18)12-14(2)23(17,4)32-24/h14-19,28H,5-13H2,1-4H3,(H,25,29)(H,26,30)/t14?,15-,17+,18+,19?,23-,24?/m1/s1. The molecule has 3 amide bonds. The Morgan fingerprint density at radius 2 is 1.94 bits per heavy atom. The Morgan fingerprint density at radius 3 is 2.56 bits per heavy atom. The first-order valence-electron chi connectivity index (χ1n) is 12.4. The van der Waals surface area contributed by atoms with Crippen LogP contribution in [0.3, 0.4) is 0 Å². The van der Waals surface area contributed by atoms with Crippen LogP contribution in [0.1, 0.15) is 72.6 Å². The van der Waals surface area contributed by atoms with Crippen molar-refractivity contribution < 1.29 is 24.2 Å². The highest BCUT2D eigenvalue weighted by molar-refractivity contribution is 5.99. The molecule has 3 aliphatic heterocycles. The molecule has 8 nitrogen and oxygen atoms in total. The van der Waals surface area contributed by atoms with E-state index in [2.05, 4.69) is 10.6 Å². The summed E-state index contributed by atoms with van der Waals surface area (Å²) in [6.45, 7) is 7.99. The number of fused-ring (bicyclic) bond motifs is 1. The molecule has 2 bridgehead atoms. The third-order valence-electron chi connectivity index (χ3n) is 8.52. The molecule has 1 spiro atoms. The first kappa shape index (κ1) is 23.5. The maximum atomic E-state index is 13.8. The van der Waals surface area contributed by atoms with Gasteiger partial charge in [-0.05, 0) is 45.4 Å². The van der Waals surface area contributed by atoms with Crippen LogP contribution in [0.5, 0.6) is 0 Å². The van der Waals surface area contributed by atoms with Crippen molar-refractivity contribution in [3.05, 3.63) is 0 Å². The normalized spacial score (nSPS) is 39.8. The summed E-state index contributed by atoms with van der Waals surface area (Å²) in [5.74, 6) is -1.96. The van der Waals surface area contributed by atoms with Gasteiger partial charge in [0.05, 0.1) is 30.1 Å². The predicted molar refractivity (Wildman–Crippen MR) is 118 cm³/mol. The van der Waals surface area contributed by atoms with E-state index in [1.165, 1.54) is 11.3 Å². The summed E-state index contributed by atoms with van der Waals surface area (Å²) in [5, 5.41) is 16.1. The molecule has 3 saturated heterocycles. The largest absolute Gasteiger partial charge is 0.394 e. The van der Waals surface area contributed by atoms with E-state index in [1.807, 2.05) is 20.8 Å². The molecule has 4 fully saturated rings. The van der Waals surface area contributed by atoms with Gasteiger partial charge in [-0.3, -0.25) is 14.4 Å². The van der Waals surface area contributed by atoms with Gasteiger partial charge < -0.3 is 25.4 Å². The molecule has 0 aromatic heterocycles. The van der Waals surface area contributed by atoms with Crippen LogP contribution in [0.25, 0.3) is 0 Å². The van der Waals surface area contributed by atoms with E-state index in [9.17, 15) is 19.5 Å². The summed E-state index contributed by atoms with van der Waals surface area (Å²) < 4.78 is 6.65. The van der Waals surface area contributed by atoms with Crippen molar-refractivity contribution in [1.82, 2.24) is 15.5 Å². The maximum absolute atomic E-state index is 13.8. The fourth-order valence-corrected chi connectivity index (χ4v) is 6.82. The van der Waals surface area contributed by atoms with Crippen LogP contribution in [0, 0.1) is 17.8 Å². The van der Waals surface area contributed by atoms with E-state index in [-0.39, 0.29) is 36.3 Å². The van der Waals surface area contributed by atoms with Gasteiger partial charge in [0.1, 0.15) is 11.6 Å². The van der Waals surface area contributed by atoms with Gasteiger partial charge in [0.2, 0.25) is 17.7 Å². The number of likely N-dealkylation sites (tertiary alicyclic amines) is 1. The Hall–Kier alpha value is -1.67. The van der Waals surface area contributed by atoms with Gasteiger partial charge in [-0.25, -0.2) is 0 Å². The van der Waals surface area contributed by atoms with Crippen LogP contribution >= 0.6 is 0 Å². The zero-order valence-electron chi connectivity index (χ0n) is 19.9. The Morgan fingerprint density at radius 1 is 1.25 bits per heavy atom. The first-order chi connectivity index (χ1) is 15.2. The topological polar surface area (TPSA) is 108 Å². The quantitative estimate of drug-likeness (QED) is 0.544. The average Bonchev–Trinajstić information content (AvgIpc) is 3.29. The van der Waals surface area contributed by atoms with E-state index in [1.54, 1.807) is 6.92 Å². The fourth-order valence-electron chi connectivity index (χ4n) is 6.82. The lowest BCUT2D eigenvalue weighted by molar-refractivity contribution is -0.150. The minimum Gasteiger partial charge on any atom is -0.394 e. The minimum absolute atomic E-state index is 0.0262. The van der Waals surface area contributed by atoms with E-state index in [0.717, 1.165) is 32.1 Å². The lowest BCUT2D eigenvalue weighted by atomic mass is 9.62. The number of hydrogen-bond acceptors (Lipinski definition) is 5. The van der Waals surface area contributed by atoms with Crippen molar-refractivity contribution in [3.8, 4) is 0 Å². The minimum atomic E-state index is -1.04. The molecule has 0 radical (unpaired) electrons. The molecule has 3 N–H and O–H groups in total. The lowest BCUT2D eigenvalue weighted by Crippen LogP contribution is -2.59. The van der Waals surface area contributed by atoms with Gasteiger partial charge in [0, 0.05) is 12.6 Å². The van der Waals surface area contributed by atoms with Gasteiger partial charge in [-0.1, -0.05) is 33.1 Å². The molecule has 32 heavy (non-hydrogen) atoms. The zero-order chi connectivity index (χ0) is 23.3. The van der Waals surface area contributed by atoms with Crippen molar-refractivity contribution in [2.45, 2.75) is 102 Å². The van der Waals surface area contributed by atoms with E-state index < -0.39 is 35.1 Å². The number of carbonyl (C=O) groups excluding carboxylic acids is 3. The molecule has 8 heteroatoms. The molecule has 180 valence electrons. The molecule has 3 heterocycles. The fraction of sp³-hybridized carbons (Fsp3) is 0.875. The van der Waals surface area contributed by atoms with Crippen LogP contribution < -0.4 is 10.6 Å². The smallest absolute Gasteiger partial charge is 0.246 e. The summed E-state index contributed by atoms with van der Waals surface area (Å²) in [7, 11) is 0. The third-order valence-corrected chi connectivity index (χ3v) is 8.52. The molecular weight excluding hydrogens is 410 g/mol. The van der Waals surface area contributed by atoms with E-state index in [4.69, 9.17) is 4.74 Å². The summed E-state index contributed by atoms with van der Waals surface area (Å²) in [6.07, 6.45) is 6.59. The predicted octanol–water partition coefficient (Wildman–Crippen LogP) is 1.35. The highest BCUT2D eigenvalue weighted by atomic mass is 16.5. The van der Waals surface area contributed by atoms with Crippen molar-refractivity contribution >= 4 is 17.7 Å². The molecule has 4 rings (SSSR count). The van der Waals surface area contributed by atoms with Crippen molar-refractivity contribution in [2.24, 2.45) is 17.8 Å². The van der Waals surface area contributed by atoms with Gasteiger partial charge in [0.25, 0.3) is 0 Å². The second-order valence-electron chi connectivity index (χ2n) is 10.6. The van der Waals surface area contributed by atoms with Crippen LogP contribution in [0.4, 0.5) is 0 Å². The van der Waals surface area contributed by atoms with Gasteiger partial charge >= 0.3 is 0 Å². The molecule has 0 aromatic rings. The number of nitrogens with one attached hydrogen (secondary N) is 2. The summed E-state index contributed by atoms with van der Waals surface area (Å²) >= 11 is 0. The van der Waals surface area contributed by atoms with Crippen LogP contribution in [0.2, 0.25) is 0 Å². The number of aliphatic hydroxyl groups is 1. The number of aliphatic hydroxyl groups excluding tert-OH is 1. The molecule has 1 aliphatic carbocycles. The third kappa shape index (κ3) is 3.36. The Bertz CT molecular complexity index is 769. The average molecular weight is 450 g/mol. The second-order valence-corrected chi connectivity index (χ2v) is 10.6. The SMILES string of the molecule is CCCNC(=O)[C@@H]1[C@H]2C(=O)N([C@H](C)CO)C(C(=O)NC3CCCCC3)C23CC(C)[C@@]1(C)O3. The number of ether oxygens (including phenoxy) is 1. The van der Waals surface area contributed by atoms with Gasteiger partial charge in [-0.2, -0.15) is 0 Å². The van der Waals surface area contributed by atoms with Gasteiger partial charge in [-0.15, -0.1) is 0 Å². The van der Waals surface area contributed by atoms with Crippen molar-refractivity contribution in [3.63, 3.8) is 0 Å². The highest BCUT2D eigenvalue weighted by Gasteiger charge is 2.80. The van der Waals surface area contributed by atoms with Crippen LogP contribution in [-0.4, -0.2) is 70.2 Å². The van der Waals surface area contributed by atoms with Crippen molar-refractivity contribution in [1.29, 1.82) is 0 Å². The number of hydrogen-bond donors (Lipinski definition) is 3. The number of rotatable bonds is 7. The second kappa shape index (κ2) is 8.60. The number of nitrogens with zero attached hydrogens (tertiary/aromatic N) is 1. The molecule has 4 aliphatic rings. The molecule has 0 aromatic carbocycles. The van der Waals surface area contributed by atoms with Gasteiger partial charge in [0.15, 0.2) is 0 Å². The Kier molecular flexibility index (Phi) is 6.31. The Labute approximate surface area is 190 Å².